The highest BCUT2D eigenvalue weighted by Gasteiger charge is 2.32. The Bertz CT molecular complexity index is 918. The maximum absolute atomic E-state index is 11.7. The first-order valence-electron chi connectivity index (χ1n) is 8.60. The monoisotopic (exact) mass is 335 g/mol. The first-order chi connectivity index (χ1) is 12.1. The molecule has 0 saturated heterocycles. The molecule has 128 valence electrons. The molecular weight excluding hydrogens is 314 g/mol. The van der Waals surface area contributed by atoms with Crippen molar-refractivity contribution >= 4 is 17.4 Å². The minimum atomic E-state index is -0.236. The zero-order valence-corrected chi connectivity index (χ0v) is 14.1. The van der Waals surface area contributed by atoms with Gasteiger partial charge < -0.3 is 11.1 Å². The predicted molar refractivity (Wildman–Crippen MR) is 97.1 cm³/mol. The molecule has 1 amide bonds. The summed E-state index contributed by atoms with van der Waals surface area (Å²) in [6, 6.07) is 14.0. The minimum Gasteiger partial charge on any atom is -0.369 e. The topological polar surface area (TPSA) is 85.3 Å². The first kappa shape index (κ1) is 15.6. The fraction of sp³-hybridized carbons (Fsp3) is 0.316. The van der Waals surface area contributed by atoms with Gasteiger partial charge in [0.05, 0.1) is 17.3 Å². The Labute approximate surface area is 146 Å². The van der Waals surface area contributed by atoms with E-state index in [1.165, 1.54) is 0 Å². The van der Waals surface area contributed by atoms with Crippen LogP contribution in [0.15, 0.2) is 42.5 Å². The van der Waals surface area contributed by atoms with E-state index < -0.39 is 0 Å². The van der Waals surface area contributed by atoms with E-state index in [0.717, 1.165) is 47.7 Å². The highest BCUT2D eigenvalue weighted by molar-refractivity contribution is 5.78. The van der Waals surface area contributed by atoms with Crippen molar-refractivity contribution in [2.24, 2.45) is 11.7 Å². The van der Waals surface area contributed by atoms with Gasteiger partial charge in [-0.15, -0.1) is 0 Å². The van der Waals surface area contributed by atoms with Crippen LogP contribution in [0.2, 0.25) is 0 Å². The summed E-state index contributed by atoms with van der Waals surface area (Å²) < 4.78 is 1.80. The summed E-state index contributed by atoms with van der Waals surface area (Å²) in [5, 5.41) is 8.03. The number of nitrogens with two attached hydrogens (primary N) is 1. The molecule has 1 aliphatic carbocycles. The lowest BCUT2D eigenvalue weighted by atomic mass is 10.0. The summed E-state index contributed by atoms with van der Waals surface area (Å²) in [5.41, 5.74) is 9.18. The average Bonchev–Trinajstić information content (AvgIpc) is 3.21. The van der Waals surface area contributed by atoms with E-state index in [9.17, 15) is 4.79 Å². The number of nitrogens with zero attached hydrogens (tertiary/aromatic N) is 3. The maximum Gasteiger partial charge on any atom is 0.222 e. The molecule has 2 unspecified atom stereocenters. The normalized spacial score (nSPS) is 20.0. The van der Waals surface area contributed by atoms with Crippen molar-refractivity contribution in [1.82, 2.24) is 14.6 Å². The largest absolute Gasteiger partial charge is 0.369 e. The third kappa shape index (κ3) is 2.95. The van der Waals surface area contributed by atoms with Crippen molar-refractivity contribution in [2.75, 3.05) is 5.32 Å². The Morgan fingerprint density at radius 1 is 1.24 bits per heavy atom. The molecule has 2 aromatic heterocycles. The molecule has 4 rings (SSSR count). The molecule has 6 nitrogen and oxygen atoms in total. The standard InChI is InChI=1S/C19H21N5O/c1-12-10-17-22-16(13-6-3-2-4-7-13)11-18(24(17)23-12)21-15-9-5-8-14(15)19(20)25/h2-4,6-7,10-11,14-15,21H,5,8-9H2,1H3,(H2,20,25). The number of amides is 1. The first-order valence-corrected chi connectivity index (χ1v) is 8.60. The van der Waals surface area contributed by atoms with Gasteiger partial charge in [-0.3, -0.25) is 4.79 Å². The van der Waals surface area contributed by atoms with Crippen LogP contribution < -0.4 is 11.1 Å². The molecule has 3 aromatic rings. The summed E-state index contributed by atoms with van der Waals surface area (Å²) in [4.78, 5) is 16.4. The van der Waals surface area contributed by atoms with Gasteiger partial charge in [-0.1, -0.05) is 36.8 Å². The van der Waals surface area contributed by atoms with Crippen LogP contribution in [0.25, 0.3) is 16.9 Å². The van der Waals surface area contributed by atoms with E-state index >= 15 is 0 Å². The van der Waals surface area contributed by atoms with E-state index in [-0.39, 0.29) is 17.9 Å². The molecule has 2 heterocycles. The van der Waals surface area contributed by atoms with Gasteiger partial charge in [-0.05, 0) is 19.8 Å². The van der Waals surface area contributed by atoms with Gasteiger partial charge in [-0.25, -0.2) is 4.98 Å². The lowest BCUT2D eigenvalue weighted by Crippen LogP contribution is -2.34. The maximum atomic E-state index is 11.7. The highest BCUT2D eigenvalue weighted by Crippen LogP contribution is 2.30. The van der Waals surface area contributed by atoms with Crippen LogP contribution in [0.5, 0.6) is 0 Å². The number of aryl methyl sites for hydroxylation is 1. The van der Waals surface area contributed by atoms with Crippen LogP contribution in [-0.2, 0) is 4.79 Å². The van der Waals surface area contributed by atoms with Crippen LogP contribution >= 0.6 is 0 Å². The van der Waals surface area contributed by atoms with Crippen molar-refractivity contribution in [3.63, 3.8) is 0 Å². The van der Waals surface area contributed by atoms with E-state index in [0.29, 0.717) is 0 Å². The molecule has 1 aliphatic rings. The van der Waals surface area contributed by atoms with Crippen LogP contribution in [0, 0.1) is 12.8 Å². The molecule has 0 aliphatic heterocycles. The molecule has 25 heavy (non-hydrogen) atoms. The predicted octanol–water partition coefficient (Wildman–Crippen LogP) is 2.77. The average molecular weight is 335 g/mol. The van der Waals surface area contributed by atoms with Gasteiger partial charge in [-0.2, -0.15) is 9.61 Å². The van der Waals surface area contributed by atoms with E-state index in [1.807, 2.05) is 49.4 Å². The molecule has 3 N–H and O–H groups in total. The highest BCUT2D eigenvalue weighted by atomic mass is 16.1. The summed E-state index contributed by atoms with van der Waals surface area (Å²) in [6.07, 6.45) is 2.77. The SMILES string of the molecule is Cc1cc2nc(-c3ccccc3)cc(NC3CCCC3C(N)=O)n2n1. The van der Waals surface area contributed by atoms with E-state index in [1.54, 1.807) is 4.52 Å². The molecule has 6 heteroatoms. The smallest absolute Gasteiger partial charge is 0.222 e. The third-order valence-electron chi connectivity index (χ3n) is 4.83. The van der Waals surface area contributed by atoms with Gasteiger partial charge >= 0.3 is 0 Å². The van der Waals surface area contributed by atoms with Crippen LogP contribution in [0.1, 0.15) is 25.0 Å². The number of benzene rings is 1. The van der Waals surface area contributed by atoms with Crippen molar-refractivity contribution in [3.8, 4) is 11.3 Å². The molecule has 2 atom stereocenters. The summed E-state index contributed by atoms with van der Waals surface area (Å²) in [7, 11) is 0. The number of aromatic nitrogens is 3. The minimum absolute atomic E-state index is 0.0382. The Morgan fingerprint density at radius 3 is 2.80 bits per heavy atom. The van der Waals surface area contributed by atoms with Crippen molar-refractivity contribution < 1.29 is 4.79 Å². The van der Waals surface area contributed by atoms with Gasteiger partial charge in [0.1, 0.15) is 5.82 Å². The number of anilines is 1. The fourth-order valence-electron chi connectivity index (χ4n) is 3.61. The summed E-state index contributed by atoms with van der Waals surface area (Å²) in [6.45, 7) is 1.95. The number of rotatable bonds is 4. The van der Waals surface area contributed by atoms with Gasteiger partial charge in [0.15, 0.2) is 5.65 Å². The number of hydrogen-bond donors (Lipinski definition) is 2. The number of carbonyl (C=O) groups excluding carboxylic acids is 1. The molecule has 1 saturated carbocycles. The quantitative estimate of drug-likeness (QED) is 0.768. The van der Waals surface area contributed by atoms with Crippen molar-refractivity contribution in [3.05, 3.63) is 48.2 Å². The Balaban J connectivity index is 1.77. The van der Waals surface area contributed by atoms with Crippen LogP contribution in [-0.4, -0.2) is 26.5 Å². The van der Waals surface area contributed by atoms with E-state index in [4.69, 9.17) is 10.7 Å². The van der Waals surface area contributed by atoms with Crippen LogP contribution in [0.3, 0.4) is 0 Å². The van der Waals surface area contributed by atoms with Crippen molar-refractivity contribution in [1.29, 1.82) is 0 Å². The molecule has 0 spiro atoms. The van der Waals surface area contributed by atoms with E-state index in [2.05, 4.69) is 10.4 Å². The molecule has 1 fully saturated rings. The molecular formula is C19H21N5O. The number of hydrogen-bond acceptors (Lipinski definition) is 4. The second kappa shape index (κ2) is 6.20. The summed E-state index contributed by atoms with van der Waals surface area (Å²) >= 11 is 0. The summed E-state index contributed by atoms with van der Waals surface area (Å²) in [5.74, 6) is 0.468. The van der Waals surface area contributed by atoms with Gasteiger partial charge in [0.25, 0.3) is 0 Å². The third-order valence-corrected chi connectivity index (χ3v) is 4.83. The van der Waals surface area contributed by atoms with Gasteiger partial charge in [0.2, 0.25) is 5.91 Å². The second-order valence-corrected chi connectivity index (χ2v) is 6.64. The number of primary amides is 1. The lowest BCUT2D eigenvalue weighted by Gasteiger charge is -2.20. The van der Waals surface area contributed by atoms with Gasteiger partial charge in [0, 0.05) is 23.7 Å². The fourth-order valence-corrected chi connectivity index (χ4v) is 3.61. The zero-order valence-electron chi connectivity index (χ0n) is 14.1. The second-order valence-electron chi connectivity index (χ2n) is 6.64. The number of nitrogens with one attached hydrogen (secondary N) is 1. The molecule has 0 radical (unpaired) electrons. The van der Waals surface area contributed by atoms with Crippen molar-refractivity contribution in [2.45, 2.75) is 32.2 Å². The Hall–Kier alpha value is -2.89. The Kier molecular flexibility index (Phi) is 3.87. The lowest BCUT2D eigenvalue weighted by molar-refractivity contribution is -0.121. The van der Waals surface area contributed by atoms with Crippen LogP contribution in [0.4, 0.5) is 5.82 Å². The molecule has 1 aromatic carbocycles. The number of carbonyl (C=O) groups is 1. The number of fused-ring (bicyclic) bond motifs is 1. The molecule has 0 bridgehead atoms. The zero-order chi connectivity index (χ0) is 17.4. The Morgan fingerprint density at radius 2 is 2.04 bits per heavy atom.